The summed E-state index contributed by atoms with van der Waals surface area (Å²) >= 11 is 0. The molecule has 1 aromatic carbocycles. The normalized spacial score (nSPS) is 17.7. The third kappa shape index (κ3) is 1.93. The number of hydrogen-bond acceptors (Lipinski definition) is 3. The zero-order valence-corrected chi connectivity index (χ0v) is 14.2. The monoisotopic (exact) mass is 322 g/mol. The lowest BCUT2D eigenvalue weighted by atomic mass is 9.93. The fourth-order valence-electron chi connectivity index (χ4n) is 4.65. The van der Waals surface area contributed by atoms with Gasteiger partial charge in [0.2, 0.25) is 0 Å². The predicted octanol–water partition coefficient (Wildman–Crippen LogP) is 5.00. The molecule has 0 radical (unpaired) electrons. The molecule has 3 aromatic rings. The summed E-state index contributed by atoms with van der Waals surface area (Å²) in [6, 6.07) is 2.25. The van der Waals surface area contributed by atoms with Gasteiger partial charge in [-0.1, -0.05) is 6.42 Å². The van der Waals surface area contributed by atoms with E-state index in [1.54, 1.807) is 0 Å². The molecule has 0 amide bonds. The highest BCUT2D eigenvalue weighted by Gasteiger charge is 2.24. The Labute approximate surface area is 140 Å². The molecule has 5 rings (SSSR count). The van der Waals surface area contributed by atoms with Crippen LogP contribution in [0.25, 0.3) is 21.9 Å². The Morgan fingerprint density at radius 1 is 0.750 bits per heavy atom. The molecule has 0 spiro atoms. The van der Waals surface area contributed by atoms with Gasteiger partial charge in [-0.05, 0) is 63.5 Å². The van der Waals surface area contributed by atoms with E-state index in [0.717, 1.165) is 72.0 Å². The van der Waals surface area contributed by atoms with Crippen LogP contribution in [0.15, 0.2) is 19.7 Å². The quantitative estimate of drug-likeness (QED) is 0.432. The van der Waals surface area contributed by atoms with E-state index in [1.807, 2.05) is 6.92 Å². The molecular formula is C21H22O3. The van der Waals surface area contributed by atoms with E-state index in [2.05, 4.69) is 6.07 Å². The Morgan fingerprint density at radius 3 is 2.25 bits per heavy atom. The van der Waals surface area contributed by atoms with E-state index >= 15 is 0 Å². The van der Waals surface area contributed by atoms with Crippen LogP contribution in [0.3, 0.4) is 0 Å². The van der Waals surface area contributed by atoms with Crippen molar-refractivity contribution < 1.29 is 8.83 Å². The van der Waals surface area contributed by atoms with Crippen LogP contribution in [0.1, 0.15) is 60.1 Å². The van der Waals surface area contributed by atoms with Gasteiger partial charge >= 0.3 is 5.63 Å². The second-order valence-electron chi connectivity index (χ2n) is 7.37. The van der Waals surface area contributed by atoms with E-state index in [0.29, 0.717) is 0 Å². The molecule has 124 valence electrons. The van der Waals surface area contributed by atoms with Crippen LogP contribution >= 0.6 is 0 Å². The zero-order valence-electron chi connectivity index (χ0n) is 14.2. The number of furan rings is 1. The Balaban J connectivity index is 1.91. The van der Waals surface area contributed by atoms with Gasteiger partial charge in [0.1, 0.15) is 16.9 Å². The van der Waals surface area contributed by atoms with Crippen molar-refractivity contribution in [2.45, 2.75) is 64.7 Å². The lowest BCUT2D eigenvalue weighted by Crippen LogP contribution is -2.11. The van der Waals surface area contributed by atoms with Crippen LogP contribution in [-0.4, -0.2) is 0 Å². The van der Waals surface area contributed by atoms with E-state index in [9.17, 15) is 4.79 Å². The third-order valence-electron chi connectivity index (χ3n) is 5.91. The highest BCUT2D eigenvalue weighted by molar-refractivity contribution is 6.00. The van der Waals surface area contributed by atoms with Gasteiger partial charge in [0.25, 0.3) is 0 Å². The summed E-state index contributed by atoms with van der Waals surface area (Å²) in [6.45, 7) is 2.03. The molecule has 0 aliphatic heterocycles. The summed E-state index contributed by atoms with van der Waals surface area (Å²) in [4.78, 5) is 12.5. The third-order valence-corrected chi connectivity index (χ3v) is 5.91. The van der Waals surface area contributed by atoms with Crippen LogP contribution in [0.5, 0.6) is 0 Å². The topological polar surface area (TPSA) is 43.4 Å². The van der Waals surface area contributed by atoms with Gasteiger partial charge in [-0.15, -0.1) is 0 Å². The van der Waals surface area contributed by atoms with E-state index in [-0.39, 0.29) is 5.63 Å². The fourth-order valence-corrected chi connectivity index (χ4v) is 4.65. The van der Waals surface area contributed by atoms with Gasteiger partial charge in [0.05, 0.1) is 0 Å². The first-order chi connectivity index (χ1) is 11.7. The van der Waals surface area contributed by atoms with Crippen LogP contribution in [-0.2, 0) is 25.7 Å². The Morgan fingerprint density at radius 2 is 1.38 bits per heavy atom. The minimum atomic E-state index is -0.141. The Hall–Kier alpha value is -2.03. The highest BCUT2D eigenvalue weighted by Crippen LogP contribution is 2.38. The Kier molecular flexibility index (Phi) is 3.12. The molecule has 0 atom stereocenters. The smallest absolute Gasteiger partial charge is 0.339 e. The molecule has 3 nitrogen and oxygen atoms in total. The van der Waals surface area contributed by atoms with Crippen molar-refractivity contribution in [3.63, 3.8) is 0 Å². The van der Waals surface area contributed by atoms with Gasteiger partial charge in [-0.25, -0.2) is 4.79 Å². The molecule has 0 fully saturated rings. The largest absolute Gasteiger partial charge is 0.460 e. The van der Waals surface area contributed by atoms with Crippen LogP contribution in [0.4, 0.5) is 0 Å². The summed E-state index contributed by atoms with van der Waals surface area (Å²) in [5, 5.41) is 2.39. The van der Waals surface area contributed by atoms with Crippen molar-refractivity contribution in [2.24, 2.45) is 0 Å². The molecule has 2 aliphatic rings. The van der Waals surface area contributed by atoms with Crippen molar-refractivity contribution in [3.8, 4) is 0 Å². The lowest BCUT2D eigenvalue weighted by molar-refractivity contribution is 0.503. The van der Waals surface area contributed by atoms with Crippen LogP contribution in [0.2, 0.25) is 0 Å². The van der Waals surface area contributed by atoms with Crippen molar-refractivity contribution in [1.29, 1.82) is 0 Å². The van der Waals surface area contributed by atoms with Crippen LogP contribution in [0, 0.1) is 6.92 Å². The van der Waals surface area contributed by atoms with Crippen molar-refractivity contribution in [2.75, 3.05) is 0 Å². The van der Waals surface area contributed by atoms with Gasteiger partial charge in [0, 0.05) is 33.9 Å². The highest BCUT2D eigenvalue weighted by atomic mass is 16.4. The maximum absolute atomic E-state index is 12.5. The first kappa shape index (κ1) is 14.3. The first-order valence-electron chi connectivity index (χ1n) is 9.26. The molecule has 0 unspecified atom stereocenters. The molecule has 2 aliphatic carbocycles. The number of hydrogen-bond donors (Lipinski definition) is 0. The van der Waals surface area contributed by atoms with E-state index < -0.39 is 0 Å². The van der Waals surface area contributed by atoms with Gasteiger partial charge in [-0.3, -0.25) is 0 Å². The van der Waals surface area contributed by atoms with Crippen molar-refractivity contribution >= 4 is 21.9 Å². The average molecular weight is 322 g/mol. The maximum atomic E-state index is 12.5. The maximum Gasteiger partial charge on any atom is 0.339 e. The molecule has 0 N–H and O–H groups in total. The zero-order chi connectivity index (χ0) is 16.3. The molecule has 0 saturated carbocycles. The summed E-state index contributed by atoms with van der Waals surface area (Å²) in [5.74, 6) is 1.14. The number of rotatable bonds is 0. The second kappa shape index (κ2) is 5.23. The number of aryl methyl sites for hydroxylation is 4. The van der Waals surface area contributed by atoms with Crippen molar-refractivity contribution in [1.82, 2.24) is 0 Å². The predicted molar refractivity (Wildman–Crippen MR) is 94.9 cm³/mol. The molecule has 0 saturated heterocycles. The minimum absolute atomic E-state index is 0.141. The minimum Gasteiger partial charge on any atom is -0.460 e. The van der Waals surface area contributed by atoms with Crippen LogP contribution < -0.4 is 5.63 Å². The molecule has 2 heterocycles. The second-order valence-corrected chi connectivity index (χ2v) is 7.37. The summed E-state index contributed by atoms with van der Waals surface area (Å²) in [7, 11) is 0. The van der Waals surface area contributed by atoms with E-state index in [1.165, 1.54) is 35.8 Å². The number of fused-ring (bicyclic) bond motifs is 6. The van der Waals surface area contributed by atoms with E-state index in [4.69, 9.17) is 8.83 Å². The van der Waals surface area contributed by atoms with Gasteiger partial charge < -0.3 is 8.83 Å². The molecule has 0 bridgehead atoms. The SMILES string of the molecule is Cc1c2oc3c(c2cc2c4c(c(=O)oc12)CCCCC4)CCCC3. The lowest BCUT2D eigenvalue weighted by Gasteiger charge is -2.11. The standard InChI is InChI=1S/C21H22O3/c1-12-19-17(14-8-5-6-10-18(14)23-19)11-16-13-7-3-2-4-9-15(13)21(22)24-20(12)16/h11H,2-10H2,1H3. The molecule has 3 heteroatoms. The first-order valence-corrected chi connectivity index (χ1v) is 9.26. The number of benzene rings is 1. The van der Waals surface area contributed by atoms with Crippen molar-refractivity contribution in [3.05, 3.63) is 44.5 Å². The van der Waals surface area contributed by atoms with Gasteiger partial charge in [0.15, 0.2) is 0 Å². The fraction of sp³-hybridized carbons (Fsp3) is 0.476. The summed E-state index contributed by atoms with van der Waals surface area (Å²) in [6.07, 6.45) is 9.86. The Bertz CT molecular complexity index is 1020. The van der Waals surface area contributed by atoms with Gasteiger partial charge in [-0.2, -0.15) is 0 Å². The summed E-state index contributed by atoms with van der Waals surface area (Å²) < 4.78 is 11.9. The molecule has 24 heavy (non-hydrogen) atoms. The molecule has 2 aromatic heterocycles. The molecular weight excluding hydrogens is 300 g/mol. The average Bonchev–Trinajstić information content (AvgIpc) is 2.78. The summed E-state index contributed by atoms with van der Waals surface area (Å²) in [5.41, 5.74) is 6.03.